The van der Waals surface area contributed by atoms with Crippen molar-refractivity contribution in [2.24, 2.45) is 0 Å². The fourth-order valence-electron chi connectivity index (χ4n) is 3.05. The molecule has 12 heteroatoms. The molecule has 0 aliphatic carbocycles. The molecular formula is C20H12ClF2N7OS. The normalized spacial score (nSPS) is 11.4. The molecule has 5 aromatic rings. The van der Waals surface area contributed by atoms with E-state index in [-0.39, 0.29) is 20.6 Å². The summed E-state index contributed by atoms with van der Waals surface area (Å²) in [7, 11) is 0. The van der Waals surface area contributed by atoms with Crippen LogP contribution in [0.25, 0.3) is 27.6 Å². The molecule has 0 aliphatic heterocycles. The van der Waals surface area contributed by atoms with Crippen molar-refractivity contribution in [3.05, 3.63) is 70.6 Å². The second kappa shape index (κ2) is 8.09. The van der Waals surface area contributed by atoms with Gasteiger partial charge in [0.05, 0.1) is 11.8 Å². The summed E-state index contributed by atoms with van der Waals surface area (Å²) in [5.41, 5.74) is 1.71. The van der Waals surface area contributed by atoms with Crippen molar-refractivity contribution in [1.29, 1.82) is 0 Å². The predicted molar refractivity (Wildman–Crippen MR) is 116 cm³/mol. The number of nitrogens with one attached hydrogen (secondary N) is 2. The van der Waals surface area contributed by atoms with Crippen molar-refractivity contribution in [2.75, 3.05) is 5.32 Å². The lowest BCUT2D eigenvalue weighted by Crippen LogP contribution is -2.13. The molecule has 0 bridgehead atoms. The number of fused-ring (bicyclic) bond motifs is 1. The van der Waals surface area contributed by atoms with E-state index in [1.54, 1.807) is 22.8 Å². The molecule has 0 saturated heterocycles. The number of hydrogen-bond donors (Lipinski definition) is 2. The number of anilines is 1. The zero-order valence-corrected chi connectivity index (χ0v) is 17.5. The van der Waals surface area contributed by atoms with Gasteiger partial charge < -0.3 is 5.32 Å². The Morgan fingerprint density at radius 3 is 2.75 bits per heavy atom. The van der Waals surface area contributed by atoms with E-state index in [9.17, 15) is 13.6 Å². The fraction of sp³-hybridized carbons (Fsp3) is 0.0500. The van der Waals surface area contributed by atoms with Crippen molar-refractivity contribution in [3.63, 3.8) is 0 Å². The number of aromatic nitrogens is 6. The first-order valence-corrected chi connectivity index (χ1v) is 10.4. The Balaban J connectivity index is 1.41. The van der Waals surface area contributed by atoms with Gasteiger partial charge in [0, 0.05) is 23.5 Å². The van der Waals surface area contributed by atoms with Gasteiger partial charge in [0.25, 0.3) is 12.3 Å². The highest BCUT2D eigenvalue weighted by Crippen LogP contribution is 2.37. The van der Waals surface area contributed by atoms with Crippen molar-refractivity contribution >= 4 is 40.2 Å². The van der Waals surface area contributed by atoms with Crippen molar-refractivity contribution < 1.29 is 13.6 Å². The van der Waals surface area contributed by atoms with Crippen LogP contribution in [0.15, 0.2) is 54.9 Å². The lowest BCUT2D eigenvalue weighted by molar-refractivity contribution is 0.102. The van der Waals surface area contributed by atoms with Crippen LogP contribution >= 0.6 is 22.9 Å². The third kappa shape index (κ3) is 3.72. The summed E-state index contributed by atoms with van der Waals surface area (Å²) in [5, 5.41) is 13.8. The molecule has 0 radical (unpaired) electrons. The van der Waals surface area contributed by atoms with Crippen LogP contribution in [0.5, 0.6) is 0 Å². The van der Waals surface area contributed by atoms with Gasteiger partial charge in [0.15, 0.2) is 11.5 Å². The Labute approximate surface area is 187 Å². The van der Waals surface area contributed by atoms with Gasteiger partial charge in [0.1, 0.15) is 20.7 Å². The number of carbonyl (C=O) groups is 1. The second-order valence-electron chi connectivity index (χ2n) is 6.61. The van der Waals surface area contributed by atoms with Crippen LogP contribution < -0.4 is 5.32 Å². The number of benzene rings is 1. The Bertz CT molecular complexity index is 1430. The van der Waals surface area contributed by atoms with Gasteiger partial charge in [-0.05, 0) is 6.07 Å². The Kier molecular flexibility index (Phi) is 5.11. The number of thiazole rings is 1. The summed E-state index contributed by atoms with van der Waals surface area (Å²) < 4.78 is 27.5. The van der Waals surface area contributed by atoms with Crippen LogP contribution in [0.3, 0.4) is 0 Å². The van der Waals surface area contributed by atoms with Gasteiger partial charge >= 0.3 is 0 Å². The molecule has 0 saturated carbocycles. The summed E-state index contributed by atoms with van der Waals surface area (Å²) in [6.45, 7) is 0. The molecule has 4 aromatic heterocycles. The highest BCUT2D eigenvalue weighted by molar-refractivity contribution is 7.19. The zero-order chi connectivity index (χ0) is 22.2. The van der Waals surface area contributed by atoms with Crippen molar-refractivity contribution in [1.82, 2.24) is 29.8 Å². The minimum atomic E-state index is -2.81. The predicted octanol–water partition coefficient (Wildman–Crippen LogP) is 5.09. The zero-order valence-electron chi connectivity index (χ0n) is 16.0. The molecule has 0 unspecified atom stereocenters. The minimum Gasteiger partial charge on any atom is -0.320 e. The number of amides is 1. The average molecular weight is 472 g/mol. The van der Waals surface area contributed by atoms with Crippen LogP contribution in [-0.2, 0) is 0 Å². The largest absolute Gasteiger partial charge is 0.320 e. The number of halogens is 3. The second-order valence-corrected chi connectivity index (χ2v) is 8.21. The topological polar surface area (TPSA) is 101 Å². The summed E-state index contributed by atoms with van der Waals surface area (Å²) >= 11 is 6.70. The molecule has 0 aliphatic rings. The molecule has 0 spiro atoms. The Morgan fingerprint density at radius 1 is 1.19 bits per heavy atom. The van der Waals surface area contributed by atoms with E-state index in [0.29, 0.717) is 17.2 Å². The first-order valence-electron chi connectivity index (χ1n) is 9.21. The van der Waals surface area contributed by atoms with E-state index in [2.05, 4.69) is 30.6 Å². The van der Waals surface area contributed by atoms with Crippen molar-refractivity contribution in [3.8, 4) is 22.0 Å². The maximum absolute atomic E-state index is 13.0. The highest BCUT2D eigenvalue weighted by Gasteiger charge is 2.23. The highest BCUT2D eigenvalue weighted by atomic mass is 35.5. The van der Waals surface area contributed by atoms with Gasteiger partial charge in [-0.3, -0.25) is 9.89 Å². The third-order valence-electron chi connectivity index (χ3n) is 4.54. The smallest absolute Gasteiger partial charge is 0.282 e. The quantitative estimate of drug-likeness (QED) is 0.372. The molecule has 1 aromatic carbocycles. The minimum absolute atomic E-state index is 0.0718. The summed E-state index contributed by atoms with van der Waals surface area (Å²) in [4.78, 5) is 21.2. The van der Waals surface area contributed by atoms with E-state index >= 15 is 0 Å². The van der Waals surface area contributed by atoms with Crippen LogP contribution in [0, 0.1) is 0 Å². The Morgan fingerprint density at radius 2 is 2.00 bits per heavy atom. The van der Waals surface area contributed by atoms with Crippen LogP contribution in [-0.4, -0.2) is 35.7 Å². The molecule has 4 heterocycles. The molecule has 8 nitrogen and oxygen atoms in total. The fourth-order valence-corrected chi connectivity index (χ4v) is 4.21. The number of aromatic amines is 1. The molecular weight excluding hydrogens is 460 g/mol. The first-order chi connectivity index (χ1) is 15.5. The molecule has 0 fully saturated rings. The standard InChI is InChI=1S/C20H12ClF2N7OS/c21-16-15(17(22)23)27-20(32-16)12-9-24-28-14(12)19(31)25-11-6-7-30-13(8-11)26-18(29-30)10-4-2-1-3-5-10/h1-9,17H,(H,24,28)(H,25,31). The monoisotopic (exact) mass is 471 g/mol. The van der Waals surface area contributed by atoms with Crippen LogP contribution in [0.4, 0.5) is 14.5 Å². The van der Waals surface area contributed by atoms with E-state index in [0.717, 1.165) is 16.9 Å². The van der Waals surface area contributed by atoms with Crippen LogP contribution in [0.2, 0.25) is 4.34 Å². The summed E-state index contributed by atoms with van der Waals surface area (Å²) in [5.74, 6) is 0.0370. The van der Waals surface area contributed by atoms with E-state index in [1.807, 2.05) is 30.3 Å². The SMILES string of the molecule is O=C(Nc1ccn2nc(-c3ccccc3)nc2c1)c1[nH]ncc1-c1nc(C(F)F)c(Cl)s1. The maximum atomic E-state index is 13.0. The van der Waals surface area contributed by atoms with Gasteiger partial charge in [-0.2, -0.15) is 5.10 Å². The number of hydrogen-bond acceptors (Lipinski definition) is 6. The number of alkyl halides is 2. The van der Waals surface area contributed by atoms with Gasteiger partial charge in [-0.25, -0.2) is 23.3 Å². The van der Waals surface area contributed by atoms with Gasteiger partial charge in [0.2, 0.25) is 0 Å². The number of carbonyl (C=O) groups excluding carboxylic acids is 1. The summed E-state index contributed by atoms with van der Waals surface area (Å²) in [6, 6.07) is 12.8. The number of H-pyrrole nitrogens is 1. The first kappa shape index (κ1) is 20.2. The molecule has 1 amide bonds. The molecule has 32 heavy (non-hydrogen) atoms. The van der Waals surface area contributed by atoms with Crippen molar-refractivity contribution in [2.45, 2.75) is 6.43 Å². The number of nitrogens with zero attached hydrogens (tertiary/aromatic N) is 5. The van der Waals surface area contributed by atoms with E-state index in [1.165, 1.54) is 6.20 Å². The average Bonchev–Trinajstić information content (AvgIpc) is 3.51. The number of pyridine rings is 1. The third-order valence-corrected chi connectivity index (χ3v) is 5.86. The lowest BCUT2D eigenvalue weighted by Gasteiger charge is -2.05. The molecule has 2 N–H and O–H groups in total. The Hall–Kier alpha value is -3.70. The van der Waals surface area contributed by atoms with E-state index in [4.69, 9.17) is 11.6 Å². The van der Waals surface area contributed by atoms with Gasteiger partial charge in [-0.1, -0.05) is 41.9 Å². The van der Waals surface area contributed by atoms with Crippen LogP contribution in [0.1, 0.15) is 22.6 Å². The molecule has 160 valence electrons. The molecule has 5 rings (SSSR count). The van der Waals surface area contributed by atoms with E-state index < -0.39 is 18.0 Å². The summed E-state index contributed by atoms with van der Waals surface area (Å²) in [6.07, 6.45) is 0.202. The van der Waals surface area contributed by atoms with Gasteiger partial charge in [-0.15, -0.1) is 16.4 Å². The number of rotatable bonds is 5. The lowest BCUT2D eigenvalue weighted by atomic mass is 10.2. The maximum Gasteiger partial charge on any atom is 0.282 e. The molecule has 0 atom stereocenters.